The molecule has 3 aromatic rings. The van der Waals surface area contributed by atoms with E-state index < -0.39 is 11.2 Å². The molecule has 0 amide bonds. The fraction of sp³-hybridized carbons (Fsp3) is 0.381. The van der Waals surface area contributed by atoms with Crippen molar-refractivity contribution in [2.75, 3.05) is 11.4 Å². The summed E-state index contributed by atoms with van der Waals surface area (Å²) in [6, 6.07) is 10.7. The monoisotopic (exact) mass is 377 g/mol. The van der Waals surface area contributed by atoms with E-state index in [1.807, 2.05) is 10.6 Å². The number of aryl methyl sites for hydroxylation is 1. The first-order chi connectivity index (χ1) is 13.5. The Morgan fingerprint density at radius 1 is 1.25 bits per heavy atom. The molecule has 3 heterocycles. The number of benzene rings is 1. The summed E-state index contributed by atoms with van der Waals surface area (Å²) in [4.78, 5) is 33.9. The molecule has 7 nitrogen and oxygen atoms in total. The van der Waals surface area contributed by atoms with Gasteiger partial charge in [-0.25, -0.2) is 4.79 Å². The minimum absolute atomic E-state index is 0.256. The van der Waals surface area contributed by atoms with E-state index in [1.54, 1.807) is 14.0 Å². The van der Waals surface area contributed by atoms with E-state index in [1.165, 1.54) is 10.1 Å². The fourth-order valence-corrected chi connectivity index (χ4v) is 4.03. The van der Waals surface area contributed by atoms with Crippen LogP contribution in [0.3, 0.4) is 0 Å². The van der Waals surface area contributed by atoms with E-state index >= 15 is 0 Å². The summed E-state index contributed by atoms with van der Waals surface area (Å²) in [5.74, 6) is 7.00. The molecule has 0 spiro atoms. The number of aromatic nitrogens is 4. The molecular formula is C21H23N5O2. The summed E-state index contributed by atoms with van der Waals surface area (Å²) in [6.45, 7) is 5.09. The molecule has 28 heavy (non-hydrogen) atoms. The minimum Gasteiger partial charge on any atom is -0.339 e. The van der Waals surface area contributed by atoms with Gasteiger partial charge in [-0.2, -0.15) is 4.98 Å². The number of nitrogens with one attached hydrogen (secondary N) is 1. The van der Waals surface area contributed by atoms with Gasteiger partial charge < -0.3 is 4.90 Å². The van der Waals surface area contributed by atoms with Crippen LogP contribution >= 0.6 is 0 Å². The Labute approximate surface area is 162 Å². The number of hydrogen-bond acceptors (Lipinski definition) is 4. The Kier molecular flexibility index (Phi) is 4.55. The Morgan fingerprint density at radius 3 is 2.71 bits per heavy atom. The molecule has 2 unspecified atom stereocenters. The van der Waals surface area contributed by atoms with Gasteiger partial charge in [0.1, 0.15) is 0 Å². The first kappa shape index (κ1) is 18.1. The lowest BCUT2D eigenvalue weighted by Gasteiger charge is -2.23. The lowest BCUT2D eigenvalue weighted by atomic mass is 9.97. The van der Waals surface area contributed by atoms with E-state index in [9.17, 15) is 9.59 Å². The lowest BCUT2D eigenvalue weighted by molar-refractivity contribution is 0.682. The van der Waals surface area contributed by atoms with E-state index in [4.69, 9.17) is 4.98 Å². The molecule has 4 rings (SSSR count). The molecule has 1 aromatic carbocycles. The average molecular weight is 377 g/mol. The number of nitrogens with zero attached hydrogens (tertiary/aromatic N) is 4. The number of hydrogen-bond donors (Lipinski definition) is 1. The van der Waals surface area contributed by atoms with E-state index in [0.29, 0.717) is 29.6 Å². The lowest BCUT2D eigenvalue weighted by Crippen LogP contribution is -2.30. The van der Waals surface area contributed by atoms with Crippen molar-refractivity contribution in [2.45, 2.75) is 38.8 Å². The third-order valence-electron chi connectivity index (χ3n) is 5.50. The van der Waals surface area contributed by atoms with Crippen LogP contribution in [0.5, 0.6) is 0 Å². The Hall–Kier alpha value is -3.27. The zero-order valence-electron chi connectivity index (χ0n) is 16.3. The van der Waals surface area contributed by atoms with Gasteiger partial charge in [-0.15, -0.1) is 5.92 Å². The van der Waals surface area contributed by atoms with Crippen molar-refractivity contribution in [3.8, 4) is 11.8 Å². The zero-order chi connectivity index (χ0) is 19.8. The van der Waals surface area contributed by atoms with Crippen LogP contribution in [0.25, 0.3) is 11.2 Å². The second kappa shape index (κ2) is 7.04. The standard InChI is InChI=1S/C21H23N5O2/c1-4-5-11-25-17-18(24(3)21(28)23-19(17)27)22-20(25)26-13-16(12-14(26)2)15-9-7-6-8-10-15/h6-10,14,16H,11-13H2,1-3H3,(H,23,27,28). The quantitative estimate of drug-likeness (QED) is 0.707. The summed E-state index contributed by atoms with van der Waals surface area (Å²) in [5, 5.41) is 0. The average Bonchev–Trinajstić information content (AvgIpc) is 3.26. The number of rotatable bonds is 3. The molecule has 0 radical (unpaired) electrons. The highest BCUT2D eigenvalue weighted by Crippen LogP contribution is 2.35. The first-order valence-electron chi connectivity index (χ1n) is 9.42. The smallest absolute Gasteiger partial charge is 0.329 e. The largest absolute Gasteiger partial charge is 0.339 e. The third-order valence-corrected chi connectivity index (χ3v) is 5.50. The molecule has 1 aliphatic rings. The van der Waals surface area contributed by atoms with E-state index in [2.05, 4.69) is 52.9 Å². The molecule has 2 atom stereocenters. The molecule has 0 bridgehead atoms. The maximum atomic E-state index is 12.5. The van der Waals surface area contributed by atoms with Crippen LogP contribution in [-0.2, 0) is 13.6 Å². The Balaban J connectivity index is 1.84. The fourth-order valence-electron chi connectivity index (χ4n) is 4.03. The highest BCUT2D eigenvalue weighted by atomic mass is 16.2. The van der Waals surface area contributed by atoms with Gasteiger partial charge in [0.15, 0.2) is 11.2 Å². The van der Waals surface area contributed by atoms with Crippen molar-refractivity contribution >= 4 is 17.1 Å². The predicted molar refractivity (Wildman–Crippen MR) is 110 cm³/mol. The van der Waals surface area contributed by atoms with Crippen molar-refractivity contribution in [1.82, 2.24) is 19.1 Å². The molecule has 2 aromatic heterocycles. The number of aromatic amines is 1. The second-order valence-electron chi connectivity index (χ2n) is 7.26. The SMILES string of the molecule is CC#CCn1c(N2CC(c3ccccc3)CC2C)nc2c1c(=O)[nH]c(=O)n2C. The van der Waals surface area contributed by atoms with Crippen LogP contribution in [0, 0.1) is 11.8 Å². The van der Waals surface area contributed by atoms with Crippen LogP contribution in [-0.4, -0.2) is 31.7 Å². The molecule has 0 saturated carbocycles. The van der Waals surface area contributed by atoms with Gasteiger partial charge in [-0.3, -0.25) is 18.9 Å². The molecule has 1 fully saturated rings. The van der Waals surface area contributed by atoms with Crippen LogP contribution in [0.4, 0.5) is 5.95 Å². The second-order valence-corrected chi connectivity index (χ2v) is 7.26. The van der Waals surface area contributed by atoms with Gasteiger partial charge in [0.05, 0.1) is 6.54 Å². The summed E-state index contributed by atoms with van der Waals surface area (Å²) in [7, 11) is 1.62. The molecule has 1 saturated heterocycles. The highest BCUT2D eigenvalue weighted by molar-refractivity contribution is 5.74. The van der Waals surface area contributed by atoms with Gasteiger partial charge >= 0.3 is 5.69 Å². The normalized spacial score (nSPS) is 19.0. The molecule has 1 N–H and O–H groups in total. The van der Waals surface area contributed by atoms with Crippen LogP contribution in [0.2, 0.25) is 0 Å². The number of fused-ring (bicyclic) bond motifs is 1. The minimum atomic E-state index is -0.466. The van der Waals surface area contributed by atoms with Crippen molar-refractivity contribution in [1.29, 1.82) is 0 Å². The van der Waals surface area contributed by atoms with Crippen molar-refractivity contribution in [3.63, 3.8) is 0 Å². The van der Waals surface area contributed by atoms with Crippen LogP contribution in [0.15, 0.2) is 39.9 Å². The van der Waals surface area contributed by atoms with Gasteiger partial charge in [-0.05, 0) is 25.8 Å². The van der Waals surface area contributed by atoms with E-state index in [-0.39, 0.29) is 6.04 Å². The maximum absolute atomic E-state index is 12.5. The Morgan fingerprint density at radius 2 is 2.00 bits per heavy atom. The van der Waals surface area contributed by atoms with E-state index in [0.717, 1.165) is 13.0 Å². The Bertz CT molecular complexity index is 1190. The maximum Gasteiger partial charge on any atom is 0.329 e. The topological polar surface area (TPSA) is 75.9 Å². The summed E-state index contributed by atoms with van der Waals surface area (Å²) in [6.07, 6.45) is 1.00. The number of H-pyrrole nitrogens is 1. The first-order valence-corrected chi connectivity index (χ1v) is 9.42. The number of imidazole rings is 1. The molecule has 144 valence electrons. The predicted octanol–water partition coefficient (Wildman–Crippen LogP) is 1.83. The van der Waals surface area contributed by atoms with Crippen molar-refractivity contribution < 1.29 is 0 Å². The highest BCUT2D eigenvalue weighted by Gasteiger charge is 2.33. The van der Waals surface area contributed by atoms with Gasteiger partial charge in [0.2, 0.25) is 5.95 Å². The van der Waals surface area contributed by atoms with Crippen LogP contribution < -0.4 is 16.1 Å². The van der Waals surface area contributed by atoms with Crippen molar-refractivity contribution in [3.05, 3.63) is 56.7 Å². The summed E-state index contributed by atoms with van der Waals surface area (Å²) in [5.41, 5.74) is 1.18. The van der Waals surface area contributed by atoms with Gasteiger partial charge in [0.25, 0.3) is 5.56 Å². The third kappa shape index (κ3) is 2.91. The molecule has 7 heteroatoms. The molecule has 1 aliphatic heterocycles. The van der Waals surface area contributed by atoms with Crippen LogP contribution in [0.1, 0.15) is 31.7 Å². The molecule has 0 aliphatic carbocycles. The zero-order valence-corrected chi connectivity index (χ0v) is 16.3. The van der Waals surface area contributed by atoms with Gasteiger partial charge in [0, 0.05) is 25.6 Å². The molecular weight excluding hydrogens is 354 g/mol. The summed E-state index contributed by atoms with van der Waals surface area (Å²) >= 11 is 0. The summed E-state index contributed by atoms with van der Waals surface area (Å²) < 4.78 is 3.21. The van der Waals surface area contributed by atoms with Gasteiger partial charge in [-0.1, -0.05) is 36.3 Å². The number of anilines is 1. The van der Waals surface area contributed by atoms with Crippen molar-refractivity contribution in [2.24, 2.45) is 7.05 Å².